The normalized spacial score (nSPS) is 19.6. The van der Waals surface area contributed by atoms with Gasteiger partial charge in [0.25, 0.3) is 5.91 Å². The van der Waals surface area contributed by atoms with Gasteiger partial charge in [0.15, 0.2) is 5.69 Å². The number of nitrogens with one attached hydrogen (secondary N) is 1. The van der Waals surface area contributed by atoms with Gasteiger partial charge in [0.05, 0.1) is 11.3 Å². The molecule has 0 bridgehead atoms. The van der Waals surface area contributed by atoms with Crippen LogP contribution in [0.3, 0.4) is 0 Å². The monoisotopic (exact) mass is 378 g/mol. The van der Waals surface area contributed by atoms with Crippen molar-refractivity contribution in [3.05, 3.63) is 47.8 Å². The van der Waals surface area contributed by atoms with Crippen molar-refractivity contribution in [1.29, 1.82) is 0 Å². The van der Waals surface area contributed by atoms with Gasteiger partial charge >= 0.3 is 6.18 Å². The van der Waals surface area contributed by atoms with Crippen LogP contribution in [0.4, 0.5) is 13.2 Å². The van der Waals surface area contributed by atoms with Crippen LogP contribution >= 0.6 is 0 Å². The number of alkyl halides is 3. The Bertz CT molecular complexity index is 829. The van der Waals surface area contributed by atoms with Crippen molar-refractivity contribution in [2.24, 2.45) is 5.41 Å². The number of piperidine rings is 1. The highest BCUT2D eigenvalue weighted by atomic mass is 19.4. The largest absolute Gasteiger partial charge is 0.416 e. The summed E-state index contributed by atoms with van der Waals surface area (Å²) in [7, 11) is 0. The lowest BCUT2D eigenvalue weighted by Gasteiger charge is -2.38. The van der Waals surface area contributed by atoms with E-state index in [9.17, 15) is 18.0 Å². The van der Waals surface area contributed by atoms with Crippen LogP contribution in [0.25, 0.3) is 5.69 Å². The first kappa shape index (κ1) is 18.0. The Balaban J connectivity index is 1.47. The van der Waals surface area contributed by atoms with Gasteiger partial charge in [0.2, 0.25) is 0 Å². The molecule has 1 aromatic heterocycles. The molecule has 2 aliphatic rings. The number of nitrogens with zero attached hydrogens (tertiary/aromatic N) is 3. The molecule has 1 spiro atoms. The van der Waals surface area contributed by atoms with Crippen LogP contribution in [0.2, 0.25) is 0 Å². The zero-order valence-electron chi connectivity index (χ0n) is 14.8. The lowest BCUT2D eigenvalue weighted by atomic mass is 9.78. The molecule has 2 aromatic rings. The lowest BCUT2D eigenvalue weighted by molar-refractivity contribution is -0.137. The Morgan fingerprint density at radius 3 is 2.59 bits per heavy atom. The number of rotatable bonds is 2. The second-order valence-electron chi connectivity index (χ2n) is 7.41. The third kappa shape index (κ3) is 3.58. The van der Waals surface area contributed by atoms with Crippen molar-refractivity contribution in [3.8, 4) is 5.69 Å². The Labute approximate surface area is 155 Å². The molecule has 2 saturated heterocycles. The van der Waals surface area contributed by atoms with Crippen LogP contribution < -0.4 is 5.32 Å². The van der Waals surface area contributed by atoms with Crippen molar-refractivity contribution in [2.45, 2.75) is 25.4 Å². The van der Waals surface area contributed by atoms with Gasteiger partial charge in [-0.3, -0.25) is 4.79 Å². The fourth-order valence-electron chi connectivity index (χ4n) is 3.97. The second kappa shape index (κ2) is 6.67. The molecule has 1 amide bonds. The molecule has 0 aliphatic carbocycles. The fraction of sp³-hybridized carbons (Fsp3) is 0.474. The number of benzene rings is 1. The highest BCUT2D eigenvalue weighted by molar-refractivity contribution is 5.92. The van der Waals surface area contributed by atoms with E-state index in [0.29, 0.717) is 18.5 Å². The molecule has 4 rings (SSSR count). The number of likely N-dealkylation sites (tertiary alicyclic amines) is 1. The van der Waals surface area contributed by atoms with E-state index in [4.69, 9.17) is 0 Å². The predicted octanol–water partition coefficient (Wildman–Crippen LogP) is 3.11. The highest BCUT2D eigenvalue weighted by Gasteiger charge is 2.38. The van der Waals surface area contributed by atoms with Gasteiger partial charge in [-0.1, -0.05) is 6.07 Å². The molecule has 0 atom stereocenters. The fourth-order valence-corrected chi connectivity index (χ4v) is 3.97. The van der Waals surface area contributed by atoms with E-state index in [1.807, 2.05) is 0 Å². The second-order valence-corrected chi connectivity index (χ2v) is 7.41. The molecule has 2 fully saturated rings. The van der Waals surface area contributed by atoms with Crippen molar-refractivity contribution >= 4 is 5.91 Å². The molecule has 144 valence electrons. The summed E-state index contributed by atoms with van der Waals surface area (Å²) in [6.07, 6.45) is 0.203. The third-order valence-electron chi connectivity index (χ3n) is 5.69. The SMILES string of the molecule is O=C(c1ccn(-c2cccc(C(F)(F)F)c2)n1)N1CCC2(CCNC2)CC1. The maximum absolute atomic E-state index is 12.9. The predicted molar refractivity (Wildman–Crippen MR) is 93.6 cm³/mol. The third-order valence-corrected chi connectivity index (χ3v) is 5.69. The van der Waals surface area contributed by atoms with Crippen molar-refractivity contribution in [2.75, 3.05) is 26.2 Å². The van der Waals surface area contributed by atoms with Gasteiger partial charge in [-0.2, -0.15) is 18.3 Å². The van der Waals surface area contributed by atoms with E-state index >= 15 is 0 Å². The zero-order chi connectivity index (χ0) is 19.1. The summed E-state index contributed by atoms with van der Waals surface area (Å²) in [5, 5.41) is 7.61. The van der Waals surface area contributed by atoms with Crippen LogP contribution in [0, 0.1) is 5.41 Å². The molecule has 8 heteroatoms. The molecule has 5 nitrogen and oxygen atoms in total. The van der Waals surface area contributed by atoms with Gasteiger partial charge in [-0.25, -0.2) is 4.68 Å². The Hall–Kier alpha value is -2.35. The maximum atomic E-state index is 12.9. The molecule has 1 N–H and O–H groups in total. The average Bonchev–Trinajstić information content (AvgIpc) is 3.31. The molecule has 0 radical (unpaired) electrons. The maximum Gasteiger partial charge on any atom is 0.416 e. The first-order valence-corrected chi connectivity index (χ1v) is 9.10. The van der Waals surface area contributed by atoms with E-state index in [2.05, 4.69) is 10.4 Å². The zero-order valence-corrected chi connectivity index (χ0v) is 14.8. The molecular formula is C19H21F3N4O. The Kier molecular flexibility index (Phi) is 4.46. The minimum absolute atomic E-state index is 0.165. The van der Waals surface area contributed by atoms with Gasteiger partial charge in [-0.05, 0) is 55.5 Å². The van der Waals surface area contributed by atoms with E-state index in [1.165, 1.54) is 23.0 Å². The molecule has 0 unspecified atom stereocenters. The molecule has 0 saturated carbocycles. The summed E-state index contributed by atoms with van der Waals surface area (Å²) in [6.45, 7) is 3.43. The van der Waals surface area contributed by atoms with E-state index in [-0.39, 0.29) is 17.3 Å². The first-order valence-electron chi connectivity index (χ1n) is 9.10. The van der Waals surface area contributed by atoms with Crippen LogP contribution in [0.5, 0.6) is 0 Å². The van der Waals surface area contributed by atoms with Crippen LogP contribution in [-0.4, -0.2) is 46.8 Å². The highest BCUT2D eigenvalue weighted by Crippen LogP contribution is 2.37. The first-order chi connectivity index (χ1) is 12.9. The number of amides is 1. The van der Waals surface area contributed by atoms with E-state index < -0.39 is 11.7 Å². The Morgan fingerprint density at radius 1 is 1.15 bits per heavy atom. The van der Waals surface area contributed by atoms with Crippen molar-refractivity contribution in [1.82, 2.24) is 20.0 Å². The van der Waals surface area contributed by atoms with Gasteiger partial charge in [-0.15, -0.1) is 0 Å². The van der Waals surface area contributed by atoms with Crippen LogP contribution in [0.1, 0.15) is 35.3 Å². The average molecular weight is 378 g/mol. The van der Waals surface area contributed by atoms with Gasteiger partial charge in [0, 0.05) is 25.8 Å². The minimum atomic E-state index is -4.42. The Morgan fingerprint density at radius 2 is 1.93 bits per heavy atom. The number of carbonyl (C=O) groups excluding carboxylic acids is 1. The van der Waals surface area contributed by atoms with E-state index in [0.717, 1.165) is 44.5 Å². The quantitative estimate of drug-likeness (QED) is 0.874. The van der Waals surface area contributed by atoms with E-state index in [1.54, 1.807) is 11.0 Å². The van der Waals surface area contributed by atoms with Crippen molar-refractivity contribution < 1.29 is 18.0 Å². The minimum Gasteiger partial charge on any atom is -0.337 e. The smallest absolute Gasteiger partial charge is 0.337 e. The van der Waals surface area contributed by atoms with Crippen LogP contribution in [0.15, 0.2) is 36.5 Å². The lowest BCUT2D eigenvalue weighted by Crippen LogP contribution is -2.44. The molecule has 1 aromatic carbocycles. The molecule has 2 aliphatic heterocycles. The van der Waals surface area contributed by atoms with Gasteiger partial charge in [0.1, 0.15) is 0 Å². The summed E-state index contributed by atoms with van der Waals surface area (Å²) in [5.74, 6) is -0.165. The number of aromatic nitrogens is 2. The summed E-state index contributed by atoms with van der Waals surface area (Å²) >= 11 is 0. The van der Waals surface area contributed by atoms with Crippen molar-refractivity contribution in [3.63, 3.8) is 0 Å². The van der Waals surface area contributed by atoms with Crippen LogP contribution in [-0.2, 0) is 6.18 Å². The standard InChI is InChI=1S/C19H21F3N4O/c20-19(21,22)14-2-1-3-15(12-14)26-9-4-16(24-26)17(27)25-10-6-18(7-11-25)5-8-23-13-18/h1-4,9,12,23H,5-8,10-11,13H2. The summed E-state index contributed by atoms with van der Waals surface area (Å²) in [4.78, 5) is 14.5. The number of hydrogen-bond acceptors (Lipinski definition) is 3. The molecular weight excluding hydrogens is 357 g/mol. The molecule has 3 heterocycles. The topological polar surface area (TPSA) is 50.2 Å². The summed E-state index contributed by atoms with van der Waals surface area (Å²) < 4.78 is 40.0. The van der Waals surface area contributed by atoms with Gasteiger partial charge < -0.3 is 10.2 Å². The molecule has 27 heavy (non-hydrogen) atoms. The summed E-state index contributed by atoms with van der Waals surface area (Å²) in [5.41, 5.74) is 0.107. The number of halogens is 3. The number of carbonyl (C=O) groups is 1. The number of hydrogen-bond donors (Lipinski definition) is 1. The summed E-state index contributed by atoms with van der Waals surface area (Å²) in [6, 6.07) is 6.47.